The minimum Gasteiger partial charge on any atom is -0.273 e. The van der Waals surface area contributed by atoms with Gasteiger partial charge in [-0.2, -0.15) is 5.10 Å². The van der Waals surface area contributed by atoms with Crippen LogP contribution in [0.25, 0.3) is 6.08 Å². The maximum Gasteiger partial charge on any atom is 0.244 e. The SMILES string of the molecule is O=C(N/N=C\C=C\c1ccccc1)[C@@H]1CC1(c1ccccc1)c1ccccc1. The van der Waals surface area contributed by atoms with Crippen molar-refractivity contribution >= 4 is 18.2 Å². The van der Waals surface area contributed by atoms with Crippen molar-refractivity contribution in [1.82, 2.24) is 5.43 Å². The van der Waals surface area contributed by atoms with Crippen LogP contribution in [-0.4, -0.2) is 12.1 Å². The largest absolute Gasteiger partial charge is 0.273 e. The molecule has 0 saturated heterocycles. The van der Waals surface area contributed by atoms with E-state index in [1.165, 1.54) is 11.1 Å². The lowest BCUT2D eigenvalue weighted by atomic mass is 9.85. The van der Waals surface area contributed by atoms with E-state index in [2.05, 4.69) is 34.8 Å². The maximum atomic E-state index is 12.8. The first-order valence-electron chi connectivity index (χ1n) is 9.46. The summed E-state index contributed by atoms with van der Waals surface area (Å²) in [6, 6.07) is 30.5. The van der Waals surface area contributed by atoms with Crippen LogP contribution in [0, 0.1) is 5.92 Å². The lowest BCUT2D eigenvalue weighted by Crippen LogP contribution is -2.25. The molecule has 0 aromatic heterocycles. The van der Waals surface area contributed by atoms with Crippen molar-refractivity contribution in [2.24, 2.45) is 11.0 Å². The van der Waals surface area contributed by atoms with Crippen molar-refractivity contribution in [3.63, 3.8) is 0 Å². The van der Waals surface area contributed by atoms with Crippen LogP contribution in [0.4, 0.5) is 0 Å². The standard InChI is InChI=1S/C25H22N2O/c28-24(27-26-18-10-13-20-11-4-1-5-12-20)23-19-25(23,21-14-6-2-7-15-21)22-16-8-3-9-17-22/h1-18,23H,19H2,(H,27,28)/b13-10+,26-18-/t23-/m0/s1. The van der Waals surface area contributed by atoms with Crippen molar-refractivity contribution in [3.05, 3.63) is 114 Å². The van der Waals surface area contributed by atoms with Gasteiger partial charge in [0, 0.05) is 11.6 Å². The number of hydrazone groups is 1. The first kappa shape index (κ1) is 17.9. The van der Waals surface area contributed by atoms with Gasteiger partial charge in [-0.25, -0.2) is 5.43 Å². The third-order valence-electron chi connectivity index (χ3n) is 5.28. The Labute approximate surface area is 165 Å². The Morgan fingerprint density at radius 2 is 1.39 bits per heavy atom. The molecule has 3 aromatic rings. The highest BCUT2D eigenvalue weighted by atomic mass is 16.2. The second-order valence-electron chi connectivity index (χ2n) is 6.98. The summed E-state index contributed by atoms with van der Waals surface area (Å²) in [6.07, 6.45) is 6.18. The smallest absolute Gasteiger partial charge is 0.244 e. The summed E-state index contributed by atoms with van der Waals surface area (Å²) in [5.74, 6) is -0.162. The van der Waals surface area contributed by atoms with E-state index in [4.69, 9.17) is 0 Å². The highest BCUT2D eigenvalue weighted by molar-refractivity contribution is 5.87. The molecule has 1 saturated carbocycles. The first-order valence-corrected chi connectivity index (χ1v) is 9.46. The van der Waals surface area contributed by atoms with E-state index in [9.17, 15) is 4.79 Å². The van der Waals surface area contributed by atoms with Crippen molar-refractivity contribution in [2.75, 3.05) is 0 Å². The molecule has 28 heavy (non-hydrogen) atoms. The number of rotatable bonds is 6. The summed E-state index contributed by atoms with van der Waals surface area (Å²) in [5, 5.41) is 4.09. The van der Waals surface area contributed by atoms with E-state index < -0.39 is 0 Å². The van der Waals surface area contributed by atoms with Gasteiger partial charge in [0.15, 0.2) is 0 Å². The van der Waals surface area contributed by atoms with Crippen LogP contribution in [0.2, 0.25) is 0 Å². The van der Waals surface area contributed by atoms with E-state index in [-0.39, 0.29) is 17.2 Å². The topological polar surface area (TPSA) is 41.5 Å². The number of nitrogens with one attached hydrogen (secondary N) is 1. The summed E-state index contributed by atoms with van der Waals surface area (Å²) in [7, 11) is 0. The Morgan fingerprint density at radius 3 is 1.96 bits per heavy atom. The third kappa shape index (κ3) is 3.65. The van der Waals surface area contributed by atoms with E-state index in [0.29, 0.717) is 0 Å². The van der Waals surface area contributed by atoms with Crippen molar-refractivity contribution < 1.29 is 4.79 Å². The first-order chi connectivity index (χ1) is 13.8. The molecule has 1 amide bonds. The second kappa shape index (κ2) is 8.05. The fraction of sp³-hybridized carbons (Fsp3) is 0.120. The molecule has 1 aliphatic rings. The summed E-state index contributed by atoms with van der Waals surface area (Å²) in [4.78, 5) is 12.8. The quantitative estimate of drug-likeness (QED) is 0.494. The Bertz CT molecular complexity index is 939. The van der Waals surface area contributed by atoms with Gasteiger partial charge in [-0.1, -0.05) is 97.1 Å². The molecule has 0 radical (unpaired) electrons. The highest BCUT2D eigenvalue weighted by Crippen LogP contribution is 2.58. The molecule has 3 nitrogen and oxygen atoms in total. The minimum atomic E-state index is -0.262. The molecular weight excluding hydrogens is 344 g/mol. The van der Waals surface area contributed by atoms with Crippen molar-refractivity contribution in [3.8, 4) is 0 Å². The predicted octanol–water partition coefficient (Wildman–Crippen LogP) is 4.81. The van der Waals surface area contributed by atoms with Crippen molar-refractivity contribution in [1.29, 1.82) is 0 Å². The van der Waals surface area contributed by atoms with Gasteiger partial charge >= 0.3 is 0 Å². The van der Waals surface area contributed by atoms with E-state index in [1.807, 2.05) is 78.9 Å². The molecule has 138 valence electrons. The Kier molecular flexibility index (Phi) is 5.16. The Morgan fingerprint density at radius 1 is 0.857 bits per heavy atom. The molecule has 0 unspecified atom stereocenters. The van der Waals surface area contributed by atoms with Gasteiger partial charge in [0.05, 0.1) is 5.92 Å². The zero-order valence-electron chi connectivity index (χ0n) is 15.5. The molecule has 1 fully saturated rings. The molecule has 3 heteroatoms. The van der Waals surface area contributed by atoms with Crippen LogP contribution in [0.5, 0.6) is 0 Å². The molecule has 1 N–H and O–H groups in total. The zero-order valence-corrected chi connectivity index (χ0v) is 15.5. The molecule has 0 bridgehead atoms. The monoisotopic (exact) mass is 366 g/mol. The van der Waals surface area contributed by atoms with Gasteiger partial charge in [-0.3, -0.25) is 4.79 Å². The predicted molar refractivity (Wildman–Crippen MR) is 114 cm³/mol. The fourth-order valence-electron chi connectivity index (χ4n) is 3.80. The number of carbonyl (C=O) groups excluding carboxylic acids is 1. The molecular formula is C25H22N2O. The van der Waals surface area contributed by atoms with Crippen molar-refractivity contribution in [2.45, 2.75) is 11.8 Å². The number of amides is 1. The van der Waals surface area contributed by atoms with Gasteiger partial charge < -0.3 is 0 Å². The van der Waals surface area contributed by atoms with Gasteiger partial charge in [0.1, 0.15) is 0 Å². The summed E-state index contributed by atoms with van der Waals surface area (Å²) < 4.78 is 0. The van der Waals surface area contributed by atoms with E-state index in [1.54, 1.807) is 6.21 Å². The number of hydrogen-bond donors (Lipinski definition) is 1. The third-order valence-corrected chi connectivity index (χ3v) is 5.28. The highest BCUT2D eigenvalue weighted by Gasteiger charge is 2.60. The van der Waals surface area contributed by atoms with Crippen LogP contribution in [0.1, 0.15) is 23.1 Å². The van der Waals surface area contributed by atoms with Gasteiger partial charge in [0.25, 0.3) is 0 Å². The van der Waals surface area contributed by atoms with Gasteiger partial charge in [-0.05, 0) is 29.2 Å². The molecule has 1 atom stereocenters. The fourth-order valence-corrected chi connectivity index (χ4v) is 3.80. The van der Waals surface area contributed by atoms with Crippen LogP contribution in [0.15, 0.2) is 102 Å². The van der Waals surface area contributed by atoms with Gasteiger partial charge in [-0.15, -0.1) is 0 Å². The average Bonchev–Trinajstić information content (AvgIpc) is 3.53. The molecule has 0 heterocycles. The lowest BCUT2D eigenvalue weighted by molar-refractivity contribution is -0.122. The number of nitrogens with zero attached hydrogens (tertiary/aromatic N) is 1. The van der Waals surface area contributed by atoms with Crippen LogP contribution >= 0.6 is 0 Å². The number of allylic oxidation sites excluding steroid dienone is 1. The molecule has 1 aliphatic carbocycles. The number of benzene rings is 3. The maximum absolute atomic E-state index is 12.8. The van der Waals surface area contributed by atoms with E-state index >= 15 is 0 Å². The van der Waals surface area contributed by atoms with E-state index in [0.717, 1.165) is 12.0 Å². The van der Waals surface area contributed by atoms with Gasteiger partial charge in [0.2, 0.25) is 5.91 Å². The number of hydrogen-bond acceptors (Lipinski definition) is 2. The van der Waals surface area contributed by atoms with Crippen LogP contribution in [0.3, 0.4) is 0 Å². The summed E-state index contributed by atoms with van der Waals surface area (Å²) in [5.41, 5.74) is 5.89. The van der Waals surface area contributed by atoms with Crippen LogP contribution < -0.4 is 5.43 Å². The Balaban J connectivity index is 1.46. The van der Waals surface area contributed by atoms with Crippen LogP contribution in [-0.2, 0) is 10.2 Å². The number of carbonyl (C=O) groups is 1. The summed E-state index contributed by atoms with van der Waals surface area (Å²) in [6.45, 7) is 0. The molecule has 0 aliphatic heterocycles. The average molecular weight is 366 g/mol. The summed E-state index contributed by atoms with van der Waals surface area (Å²) >= 11 is 0. The second-order valence-corrected chi connectivity index (χ2v) is 6.98. The molecule has 3 aromatic carbocycles. The molecule has 0 spiro atoms. The minimum absolute atomic E-state index is 0.0444. The zero-order chi connectivity index (χ0) is 19.2. The molecule has 4 rings (SSSR count). The lowest BCUT2D eigenvalue weighted by Gasteiger charge is -2.18. The Hall–Kier alpha value is -3.46. The normalized spacial score (nSPS) is 17.6.